The minimum absolute atomic E-state index is 0.151. The first-order valence-corrected chi connectivity index (χ1v) is 10.2. The first-order valence-electron chi connectivity index (χ1n) is 10.2. The second kappa shape index (κ2) is 10.5. The summed E-state index contributed by atoms with van der Waals surface area (Å²) in [6.07, 6.45) is 1.89. The van der Waals surface area contributed by atoms with Crippen LogP contribution >= 0.6 is 0 Å². The molecule has 0 aromatic carbocycles. The van der Waals surface area contributed by atoms with Gasteiger partial charge in [-0.25, -0.2) is 9.59 Å². The quantitative estimate of drug-likeness (QED) is 0.561. The number of carboxylic acid groups (broad SMARTS) is 2. The zero-order valence-corrected chi connectivity index (χ0v) is 17.4. The third-order valence-electron chi connectivity index (χ3n) is 5.57. The molecule has 31 heavy (non-hydrogen) atoms. The molecule has 0 bridgehead atoms. The van der Waals surface area contributed by atoms with Crippen molar-refractivity contribution in [3.05, 3.63) is 24.5 Å². The molecule has 2 aliphatic heterocycles. The molecule has 0 spiro atoms. The van der Waals surface area contributed by atoms with Crippen LogP contribution in [0, 0.1) is 0 Å². The molecule has 3 atom stereocenters. The van der Waals surface area contributed by atoms with Crippen LogP contribution in [0.5, 0.6) is 0 Å². The molecule has 3 unspecified atom stereocenters. The van der Waals surface area contributed by atoms with Crippen LogP contribution in [0.3, 0.4) is 0 Å². The van der Waals surface area contributed by atoms with E-state index in [1.807, 2.05) is 12.1 Å². The van der Waals surface area contributed by atoms with Crippen LogP contribution in [-0.4, -0.2) is 107 Å². The van der Waals surface area contributed by atoms with E-state index >= 15 is 0 Å². The number of amides is 1. The van der Waals surface area contributed by atoms with Crippen molar-refractivity contribution < 1.29 is 34.1 Å². The molecule has 2 N–H and O–H groups in total. The Bertz CT molecular complexity index is 770. The highest BCUT2D eigenvalue weighted by Crippen LogP contribution is 2.28. The van der Waals surface area contributed by atoms with Crippen LogP contribution in [0.1, 0.15) is 13.3 Å². The van der Waals surface area contributed by atoms with Gasteiger partial charge in [0.2, 0.25) is 5.91 Å². The van der Waals surface area contributed by atoms with E-state index in [-0.39, 0.29) is 5.91 Å². The molecular weight excluding hydrogens is 408 g/mol. The number of anilines is 1. The molecule has 2 aliphatic rings. The maximum absolute atomic E-state index is 12.4. The molecular formula is C20H28N4O7. The number of carboxylic acids is 2. The summed E-state index contributed by atoms with van der Waals surface area (Å²) < 4.78 is 11.2. The van der Waals surface area contributed by atoms with Gasteiger partial charge < -0.3 is 29.5 Å². The van der Waals surface area contributed by atoms with Gasteiger partial charge >= 0.3 is 11.9 Å². The summed E-state index contributed by atoms with van der Waals surface area (Å²) in [4.78, 5) is 44.5. The number of piperazine rings is 1. The molecule has 11 heteroatoms. The number of nitrogens with zero attached hydrogens (tertiary/aromatic N) is 4. The van der Waals surface area contributed by atoms with Crippen molar-refractivity contribution in [1.29, 1.82) is 0 Å². The Labute approximate surface area is 180 Å². The SMILES string of the molecule is CC(=O)N1CCC(OCC(=O)O)C(OCC(=O)O)C1N1CCN(c2ccncc2)CC1. The van der Waals surface area contributed by atoms with Gasteiger partial charge in [0.1, 0.15) is 25.5 Å². The van der Waals surface area contributed by atoms with Crippen molar-refractivity contribution >= 4 is 23.5 Å². The van der Waals surface area contributed by atoms with E-state index in [9.17, 15) is 14.4 Å². The first kappa shape index (κ1) is 22.9. The lowest BCUT2D eigenvalue weighted by atomic mass is 9.98. The van der Waals surface area contributed by atoms with Crippen molar-refractivity contribution in [2.45, 2.75) is 31.7 Å². The molecule has 2 fully saturated rings. The molecule has 1 amide bonds. The normalized spacial score (nSPS) is 24.7. The number of hydrogen-bond acceptors (Lipinski definition) is 8. The molecule has 1 aromatic heterocycles. The first-order chi connectivity index (χ1) is 14.9. The van der Waals surface area contributed by atoms with Crippen LogP contribution in [0.25, 0.3) is 0 Å². The number of aliphatic carboxylic acids is 2. The van der Waals surface area contributed by atoms with Gasteiger partial charge in [-0.15, -0.1) is 0 Å². The molecule has 3 heterocycles. The molecule has 3 rings (SSSR count). The predicted molar refractivity (Wildman–Crippen MR) is 109 cm³/mol. The Morgan fingerprint density at radius 3 is 2.19 bits per heavy atom. The van der Waals surface area contributed by atoms with Crippen molar-refractivity contribution in [2.75, 3.05) is 50.8 Å². The Hall–Kier alpha value is -2.76. The van der Waals surface area contributed by atoms with E-state index in [0.717, 1.165) is 5.69 Å². The standard InChI is InChI=1S/C20H28N4O7/c1-14(25)24-7-4-16(30-12-17(26)27)19(31-13-18(28)29)20(24)23-10-8-22(9-11-23)15-2-5-21-6-3-15/h2-3,5-6,16,19-20H,4,7-13H2,1H3,(H,26,27)(H,28,29). The maximum Gasteiger partial charge on any atom is 0.329 e. The topological polar surface area (TPSA) is 133 Å². The summed E-state index contributed by atoms with van der Waals surface area (Å²) in [7, 11) is 0. The molecule has 0 radical (unpaired) electrons. The fraction of sp³-hybridized carbons (Fsp3) is 0.600. The van der Waals surface area contributed by atoms with E-state index in [2.05, 4.69) is 14.8 Å². The van der Waals surface area contributed by atoms with E-state index in [1.165, 1.54) is 6.92 Å². The monoisotopic (exact) mass is 436 g/mol. The second-order valence-corrected chi connectivity index (χ2v) is 7.56. The molecule has 11 nitrogen and oxygen atoms in total. The number of carbonyl (C=O) groups is 3. The van der Waals surface area contributed by atoms with Gasteiger partial charge in [-0.2, -0.15) is 0 Å². The molecule has 170 valence electrons. The number of aromatic nitrogens is 1. The average molecular weight is 436 g/mol. The van der Waals surface area contributed by atoms with E-state index in [1.54, 1.807) is 17.3 Å². The second-order valence-electron chi connectivity index (χ2n) is 7.56. The molecule has 0 saturated carbocycles. The molecule has 1 aromatic rings. The number of piperidine rings is 1. The van der Waals surface area contributed by atoms with Gasteiger partial charge in [0.15, 0.2) is 0 Å². The van der Waals surface area contributed by atoms with Crippen molar-refractivity contribution in [3.63, 3.8) is 0 Å². The third kappa shape index (κ3) is 5.90. The lowest BCUT2D eigenvalue weighted by molar-refractivity contribution is -0.189. The Morgan fingerprint density at radius 2 is 1.61 bits per heavy atom. The summed E-state index contributed by atoms with van der Waals surface area (Å²) in [6, 6.07) is 3.87. The molecule has 2 saturated heterocycles. The van der Waals surface area contributed by atoms with Gasteiger partial charge in [-0.3, -0.25) is 14.7 Å². The number of hydrogen-bond donors (Lipinski definition) is 2. The minimum Gasteiger partial charge on any atom is -0.480 e. The highest BCUT2D eigenvalue weighted by atomic mass is 16.6. The van der Waals surface area contributed by atoms with Gasteiger partial charge in [0.25, 0.3) is 0 Å². The Kier molecular flexibility index (Phi) is 7.77. The van der Waals surface area contributed by atoms with Crippen LogP contribution in [-0.2, 0) is 23.9 Å². The highest BCUT2D eigenvalue weighted by Gasteiger charge is 2.45. The number of rotatable bonds is 8. The summed E-state index contributed by atoms with van der Waals surface area (Å²) in [5, 5.41) is 18.1. The van der Waals surface area contributed by atoms with E-state index in [4.69, 9.17) is 19.7 Å². The van der Waals surface area contributed by atoms with Gasteiger partial charge in [0, 0.05) is 57.7 Å². The summed E-state index contributed by atoms with van der Waals surface area (Å²) in [5.74, 6) is -2.41. The third-order valence-corrected chi connectivity index (χ3v) is 5.57. The largest absolute Gasteiger partial charge is 0.480 e. The maximum atomic E-state index is 12.4. The number of carbonyl (C=O) groups excluding carboxylic acids is 1. The summed E-state index contributed by atoms with van der Waals surface area (Å²) in [5.41, 5.74) is 1.06. The van der Waals surface area contributed by atoms with Gasteiger partial charge in [-0.1, -0.05) is 0 Å². The van der Waals surface area contributed by atoms with Crippen molar-refractivity contribution in [1.82, 2.24) is 14.8 Å². The number of pyridine rings is 1. The molecule has 0 aliphatic carbocycles. The highest BCUT2D eigenvalue weighted by molar-refractivity contribution is 5.74. The Morgan fingerprint density at radius 1 is 1.00 bits per heavy atom. The zero-order chi connectivity index (χ0) is 22.4. The summed E-state index contributed by atoms with van der Waals surface area (Å²) in [6.45, 7) is 3.42. The minimum atomic E-state index is -1.14. The van der Waals surface area contributed by atoms with Crippen molar-refractivity contribution in [3.8, 4) is 0 Å². The summed E-state index contributed by atoms with van der Waals surface area (Å²) >= 11 is 0. The lowest BCUT2D eigenvalue weighted by Crippen LogP contribution is -2.67. The van der Waals surface area contributed by atoms with Crippen LogP contribution in [0.15, 0.2) is 24.5 Å². The smallest absolute Gasteiger partial charge is 0.329 e. The van der Waals surface area contributed by atoms with Crippen LogP contribution < -0.4 is 4.90 Å². The van der Waals surface area contributed by atoms with E-state index in [0.29, 0.717) is 39.1 Å². The average Bonchev–Trinajstić information content (AvgIpc) is 2.76. The lowest BCUT2D eigenvalue weighted by Gasteiger charge is -2.51. The fourth-order valence-electron chi connectivity index (χ4n) is 4.20. The van der Waals surface area contributed by atoms with E-state index < -0.39 is 43.5 Å². The van der Waals surface area contributed by atoms with Crippen LogP contribution in [0.4, 0.5) is 5.69 Å². The number of ether oxygens (including phenoxy) is 2. The van der Waals surface area contributed by atoms with Gasteiger partial charge in [-0.05, 0) is 18.6 Å². The fourth-order valence-corrected chi connectivity index (χ4v) is 4.20. The zero-order valence-electron chi connectivity index (χ0n) is 17.4. The Balaban J connectivity index is 1.78. The predicted octanol–water partition coefficient (Wildman–Crippen LogP) is -0.278. The van der Waals surface area contributed by atoms with Gasteiger partial charge in [0.05, 0.1) is 6.10 Å². The van der Waals surface area contributed by atoms with Crippen molar-refractivity contribution in [2.24, 2.45) is 0 Å². The van der Waals surface area contributed by atoms with Crippen LogP contribution in [0.2, 0.25) is 0 Å². The number of likely N-dealkylation sites (tertiary alicyclic amines) is 1.